The molecule has 0 saturated carbocycles. The summed E-state index contributed by atoms with van der Waals surface area (Å²) in [6.07, 6.45) is 4.87. The van der Waals surface area contributed by atoms with Crippen LogP contribution in [0.25, 0.3) is 0 Å². The SMILES string of the molecule is C=P(C)(C)CC[C@H]1OC(n2cc(CNCC=C(C)C)c(=O)[nH]c2=O)[C@H](O)[C@@H]1O. The van der Waals surface area contributed by atoms with Gasteiger partial charge in [0, 0.05) is 24.8 Å². The first-order valence-electron chi connectivity index (χ1n) is 9.37. The lowest BCUT2D eigenvalue weighted by Crippen LogP contribution is -2.39. The Morgan fingerprint density at radius 2 is 2.04 bits per heavy atom. The van der Waals surface area contributed by atoms with Crippen LogP contribution in [0.2, 0.25) is 0 Å². The third-order valence-electron chi connectivity index (χ3n) is 4.64. The normalized spacial score (nSPS) is 25.1. The van der Waals surface area contributed by atoms with Gasteiger partial charge in [-0.05, 0) is 39.8 Å². The molecule has 4 N–H and O–H groups in total. The van der Waals surface area contributed by atoms with Crippen molar-refractivity contribution in [3.63, 3.8) is 0 Å². The number of aliphatic hydroxyl groups excluding tert-OH is 2. The summed E-state index contributed by atoms with van der Waals surface area (Å²) in [5, 5.41) is 23.9. The van der Waals surface area contributed by atoms with Crippen molar-refractivity contribution >= 4 is 13.2 Å². The number of hydrogen-bond acceptors (Lipinski definition) is 6. The molecule has 0 radical (unpaired) electrons. The van der Waals surface area contributed by atoms with Gasteiger partial charge in [0.25, 0.3) is 5.56 Å². The van der Waals surface area contributed by atoms with Crippen molar-refractivity contribution in [3.8, 4) is 0 Å². The smallest absolute Gasteiger partial charge is 0.330 e. The summed E-state index contributed by atoms with van der Waals surface area (Å²) in [6, 6.07) is 0. The highest BCUT2D eigenvalue weighted by Gasteiger charge is 2.43. The van der Waals surface area contributed by atoms with E-state index in [2.05, 4.69) is 29.9 Å². The van der Waals surface area contributed by atoms with Gasteiger partial charge in [-0.25, -0.2) is 4.79 Å². The monoisotopic (exact) mass is 413 g/mol. The number of ether oxygens (including phenoxy) is 1. The number of allylic oxidation sites excluding steroid dienone is 1. The first-order valence-corrected chi connectivity index (χ1v) is 12.4. The Morgan fingerprint density at radius 1 is 1.36 bits per heavy atom. The van der Waals surface area contributed by atoms with Gasteiger partial charge >= 0.3 is 5.69 Å². The molecule has 28 heavy (non-hydrogen) atoms. The Balaban J connectivity index is 2.18. The average Bonchev–Trinajstić information content (AvgIpc) is 2.86. The van der Waals surface area contributed by atoms with Gasteiger partial charge in [0.2, 0.25) is 0 Å². The van der Waals surface area contributed by atoms with E-state index in [1.54, 1.807) is 0 Å². The molecule has 9 heteroatoms. The lowest BCUT2D eigenvalue weighted by molar-refractivity contribution is -0.0404. The van der Waals surface area contributed by atoms with Gasteiger partial charge in [0.1, 0.15) is 12.2 Å². The molecule has 1 aromatic heterocycles. The van der Waals surface area contributed by atoms with E-state index in [1.165, 1.54) is 6.20 Å². The summed E-state index contributed by atoms with van der Waals surface area (Å²) in [5.74, 6) is 0. The van der Waals surface area contributed by atoms with Crippen LogP contribution in [0, 0.1) is 0 Å². The molecule has 0 amide bonds. The van der Waals surface area contributed by atoms with Gasteiger partial charge in [-0.15, -0.1) is 13.2 Å². The van der Waals surface area contributed by atoms with Crippen LogP contribution in [0.4, 0.5) is 0 Å². The third-order valence-corrected chi connectivity index (χ3v) is 6.11. The average molecular weight is 413 g/mol. The Labute approximate surface area is 165 Å². The fourth-order valence-corrected chi connectivity index (χ4v) is 3.95. The van der Waals surface area contributed by atoms with Crippen LogP contribution in [0.15, 0.2) is 27.4 Å². The highest BCUT2D eigenvalue weighted by atomic mass is 31.2. The summed E-state index contributed by atoms with van der Waals surface area (Å²) < 4.78 is 6.95. The Hall–Kier alpha value is -1.44. The van der Waals surface area contributed by atoms with Gasteiger partial charge in [-0.3, -0.25) is 14.3 Å². The summed E-state index contributed by atoms with van der Waals surface area (Å²) in [7, 11) is 0. The van der Waals surface area contributed by atoms with Gasteiger partial charge in [-0.1, -0.05) is 11.6 Å². The Morgan fingerprint density at radius 3 is 2.64 bits per heavy atom. The van der Waals surface area contributed by atoms with Crippen LogP contribution in [-0.2, 0) is 11.3 Å². The quantitative estimate of drug-likeness (QED) is 0.277. The zero-order valence-electron chi connectivity index (χ0n) is 17.0. The minimum Gasteiger partial charge on any atom is -0.388 e. The molecule has 1 fully saturated rings. The molecule has 0 aromatic carbocycles. The van der Waals surface area contributed by atoms with Crippen LogP contribution in [0.5, 0.6) is 0 Å². The number of nitrogens with zero attached hydrogens (tertiary/aromatic N) is 1. The molecule has 4 atom stereocenters. The largest absolute Gasteiger partial charge is 0.388 e. The van der Waals surface area contributed by atoms with E-state index in [4.69, 9.17) is 4.74 Å². The molecule has 8 nitrogen and oxygen atoms in total. The number of hydrogen-bond donors (Lipinski definition) is 4. The van der Waals surface area contributed by atoms with Crippen molar-refractivity contribution in [2.45, 2.75) is 51.4 Å². The Kier molecular flexibility index (Phi) is 7.65. The van der Waals surface area contributed by atoms with Crippen LogP contribution in [-0.4, -0.2) is 70.4 Å². The first kappa shape index (κ1) is 22.8. The summed E-state index contributed by atoms with van der Waals surface area (Å²) in [4.78, 5) is 26.6. The zero-order chi connectivity index (χ0) is 21.1. The molecule has 1 aliphatic rings. The number of aromatic amines is 1. The van der Waals surface area contributed by atoms with Crippen molar-refractivity contribution in [2.24, 2.45) is 0 Å². The van der Waals surface area contributed by atoms with E-state index in [0.29, 0.717) is 18.5 Å². The van der Waals surface area contributed by atoms with Gasteiger partial charge in [-0.2, -0.15) is 0 Å². The maximum atomic E-state index is 12.3. The van der Waals surface area contributed by atoms with Crippen LogP contribution < -0.4 is 16.6 Å². The number of aromatic nitrogens is 2. The van der Waals surface area contributed by atoms with Crippen LogP contribution >= 0.6 is 6.89 Å². The predicted molar refractivity (Wildman–Crippen MR) is 114 cm³/mol. The summed E-state index contributed by atoms with van der Waals surface area (Å²) in [6.45, 7) is 7.68. The number of aliphatic hydroxyl groups is 2. The number of H-pyrrole nitrogens is 1. The van der Waals surface area contributed by atoms with Crippen molar-refractivity contribution in [3.05, 3.63) is 44.2 Å². The van der Waals surface area contributed by atoms with Crippen LogP contribution in [0.3, 0.4) is 0 Å². The third kappa shape index (κ3) is 6.03. The second-order valence-electron chi connectivity index (χ2n) is 8.23. The molecule has 0 spiro atoms. The summed E-state index contributed by atoms with van der Waals surface area (Å²) in [5.41, 5.74) is 0.334. The molecule has 1 aliphatic heterocycles. The van der Waals surface area contributed by atoms with E-state index >= 15 is 0 Å². The first-order chi connectivity index (χ1) is 13.0. The fourth-order valence-electron chi connectivity index (χ4n) is 3.00. The molecule has 2 heterocycles. The van der Waals surface area contributed by atoms with Crippen molar-refractivity contribution in [2.75, 3.05) is 26.0 Å². The van der Waals surface area contributed by atoms with Crippen molar-refractivity contribution in [1.82, 2.24) is 14.9 Å². The maximum absolute atomic E-state index is 12.3. The van der Waals surface area contributed by atoms with Crippen molar-refractivity contribution < 1.29 is 14.9 Å². The van der Waals surface area contributed by atoms with Crippen molar-refractivity contribution in [1.29, 1.82) is 0 Å². The van der Waals surface area contributed by atoms with Gasteiger partial charge in [0.15, 0.2) is 6.23 Å². The lowest BCUT2D eigenvalue weighted by Gasteiger charge is -2.19. The molecular weight excluding hydrogens is 381 g/mol. The molecular formula is C19H32N3O5P. The van der Waals surface area contributed by atoms with Crippen LogP contribution in [0.1, 0.15) is 32.1 Å². The lowest BCUT2D eigenvalue weighted by atomic mass is 10.1. The van der Waals surface area contributed by atoms with E-state index in [9.17, 15) is 19.8 Å². The second-order valence-corrected chi connectivity index (χ2v) is 12.5. The topological polar surface area (TPSA) is 117 Å². The molecule has 1 unspecified atom stereocenters. The minimum absolute atomic E-state index is 0.258. The molecule has 1 aromatic rings. The minimum atomic E-state index is -1.30. The van der Waals surface area contributed by atoms with E-state index in [-0.39, 0.29) is 6.54 Å². The standard InChI is InChI=1S/C19H32N3O5P/c1-12(2)6-8-20-10-13-11-22(19(26)21-17(13)25)18-16(24)15(23)14(27-18)7-9-28(3,4)5/h6,11,14-16,18,20,23-24H,3,7-10H2,1-2,4-5H3,(H,21,25,26)/t14-,15-,16-,18?/m1/s1. The van der Waals surface area contributed by atoms with Gasteiger partial charge < -0.3 is 20.3 Å². The molecule has 0 aliphatic carbocycles. The van der Waals surface area contributed by atoms with E-state index in [0.717, 1.165) is 16.3 Å². The zero-order valence-corrected chi connectivity index (χ0v) is 17.9. The number of rotatable bonds is 8. The highest BCUT2D eigenvalue weighted by molar-refractivity contribution is 7.72. The molecule has 0 bridgehead atoms. The van der Waals surface area contributed by atoms with E-state index < -0.39 is 42.7 Å². The fraction of sp³-hybridized carbons (Fsp3) is 0.632. The second kappa shape index (κ2) is 9.37. The summed E-state index contributed by atoms with van der Waals surface area (Å²) >= 11 is 0. The predicted octanol–water partition coefficient (Wildman–Crippen LogP) is 0.311. The van der Waals surface area contributed by atoms with Gasteiger partial charge in [0.05, 0.1) is 6.10 Å². The molecule has 158 valence electrons. The maximum Gasteiger partial charge on any atom is 0.330 e. The molecule has 2 rings (SSSR count). The Bertz CT molecular complexity index is 865. The highest BCUT2D eigenvalue weighted by Crippen LogP contribution is 2.39. The molecule has 1 saturated heterocycles. The van der Waals surface area contributed by atoms with E-state index in [1.807, 2.05) is 19.9 Å². The number of nitrogens with one attached hydrogen (secondary N) is 2.